The lowest BCUT2D eigenvalue weighted by molar-refractivity contribution is 0.208. The molecular weight excluding hydrogens is 224 g/mol. The number of aliphatic hydroxyl groups is 1. The van der Waals surface area contributed by atoms with Crippen LogP contribution in [0.5, 0.6) is 0 Å². The van der Waals surface area contributed by atoms with Crippen LogP contribution in [0.25, 0.3) is 0 Å². The van der Waals surface area contributed by atoms with Crippen molar-refractivity contribution in [3.05, 3.63) is 54.6 Å². The summed E-state index contributed by atoms with van der Waals surface area (Å²) in [5.41, 5.74) is 3.08. The van der Waals surface area contributed by atoms with Crippen LogP contribution in [-0.4, -0.2) is 17.8 Å². The smallest absolute Gasteiger partial charge is 0.0684 e. The van der Waals surface area contributed by atoms with Crippen LogP contribution in [0, 0.1) is 0 Å². The van der Waals surface area contributed by atoms with Gasteiger partial charge in [0.25, 0.3) is 0 Å². The quantitative estimate of drug-likeness (QED) is 0.754. The molecule has 3 N–H and O–H groups in total. The molecule has 3 nitrogen and oxygen atoms in total. The summed E-state index contributed by atoms with van der Waals surface area (Å²) >= 11 is 0. The van der Waals surface area contributed by atoms with Gasteiger partial charge in [0.05, 0.1) is 6.10 Å². The molecule has 0 aliphatic heterocycles. The molecule has 2 aromatic rings. The summed E-state index contributed by atoms with van der Waals surface area (Å²) in [5, 5.41) is 15.7. The normalized spacial score (nSPS) is 11.9. The lowest BCUT2D eigenvalue weighted by Gasteiger charge is -2.11. The molecule has 1 unspecified atom stereocenters. The molecule has 0 saturated carbocycles. The molecule has 2 aromatic carbocycles. The van der Waals surface area contributed by atoms with E-state index >= 15 is 0 Å². The lowest BCUT2D eigenvalue weighted by atomic mass is 10.2. The molecule has 0 bridgehead atoms. The maximum Gasteiger partial charge on any atom is 0.0684 e. The van der Waals surface area contributed by atoms with Gasteiger partial charge in [0.2, 0.25) is 0 Å². The minimum absolute atomic E-state index is 0.351. The van der Waals surface area contributed by atoms with Gasteiger partial charge in [-0.3, -0.25) is 0 Å². The number of hydrogen-bond donors (Lipinski definition) is 3. The number of benzene rings is 2. The second-order valence-electron chi connectivity index (χ2n) is 4.30. The molecular formula is C15H18N2O. The van der Waals surface area contributed by atoms with Crippen LogP contribution < -0.4 is 10.6 Å². The summed E-state index contributed by atoms with van der Waals surface area (Å²) in [7, 11) is 0. The molecule has 18 heavy (non-hydrogen) atoms. The zero-order valence-electron chi connectivity index (χ0n) is 10.4. The number of para-hydroxylation sites is 1. The summed E-state index contributed by atoms with van der Waals surface area (Å²) in [4.78, 5) is 0. The highest BCUT2D eigenvalue weighted by molar-refractivity contribution is 5.64. The Balaban J connectivity index is 2.03. The van der Waals surface area contributed by atoms with Gasteiger partial charge >= 0.3 is 0 Å². The first-order valence-electron chi connectivity index (χ1n) is 6.08. The second-order valence-corrected chi connectivity index (χ2v) is 4.30. The molecule has 0 aliphatic carbocycles. The van der Waals surface area contributed by atoms with E-state index in [-0.39, 0.29) is 6.10 Å². The molecule has 0 amide bonds. The standard InChI is InChI=1S/C15H18N2O/c1-12(18)11-16-14-8-5-9-15(10-14)17-13-6-3-2-4-7-13/h2-10,12,16-18H,11H2,1H3. The highest BCUT2D eigenvalue weighted by Gasteiger charge is 1.98. The Morgan fingerprint density at radius 2 is 1.61 bits per heavy atom. The fourth-order valence-electron chi connectivity index (χ4n) is 1.66. The number of nitrogens with one attached hydrogen (secondary N) is 2. The molecule has 94 valence electrons. The SMILES string of the molecule is CC(O)CNc1cccc(Nc2ccccc2)c1. The summed E-state index contributed by atoms with van der Waals surface area (Å²) in [5.74, 6) is 0. The first kappa shape index (κ1) is 12.5. The van der Waals surface area contributed by atoms with Crippen LogP contribution in [0.4, 0.5) is 17.1 Å². The monoisotopic (exact) mass is 242 g/mol. The van der Waals surface area contributed by atoms with E-state index in [0.717, 1.165) is 17.1 Å². The number of aliphatic hydroxyl groups excluding tert-OH is 1. The third-order valence-corrected chi connectivity index (χ3v) is 2.53. The Morgan fingerprint density at radius 3 is 2.33 bits per heavy atom. The highest BCUT2D eigenvalue weighted by Crippen LogP contribution is 2.19. The van der Waals surface area contributed by atoms with E-state index in [1.54, 1.807) is 6.92 Å². The number of hydrogen-bond acceptors (Lipinski definition) is 3. The topological polar surface area (TPSA) is 44.3 Å². The molecule has 0 spiro atoms. The molecule has 0 heterocycles. The molecule has 0 radical (unpaired) electrons. The fourth-order valence-corrected chi connectivity index (χ4v) is 1.66. The van der Waals surface area contributed by atoms with E-state index in [2.05, 4.69) is 10.6 Å². The van der Waals surface area contributed by atoms with Gasteiger partial charge in [-0.2, -0.15) is 0 Å². The van der Waals surface area contributed by atoms with Crippen LogP contribution in [0.3, 0.4) is 0 Å². The molecule has 2 rings (SSSR count). The van der Waals surface area contributed by atoms with Crippen molar-refractivity contribution < 1.29 is 5.11 Å². The largest absolute Gasteiger partial charge is 0.392 e. The van der Waals surface area contributed by atoms with Gasteiger partial charge in [0.1, 0.15) is 0 Å². The van der Waals surface area contributed by atoms with Crippen molar-refractivity contribution in [1.82, 2.24) is 0 Å². The van der Waals surface area contributed by atoms with E-state index in [4.69, 9.17) is 0 Å². The van der Waals surface area contributed by atoms with Gasteiger partial charge < -0.3 is 15.7 Å². The zero-order valence-corrected chi connectivity index (χ0v) is 10.4. The van der Waals surface area contributed by atoms with Crippen molar-refractivity contribution in [1.29, 1.82) is 0 Å². The lowest BCUT2D eigenvalue weighted by Crippen LogP contribution is -2.15. The van der Waals surface area contributed by atoms with Crippen LogP contribution >= 0.6 is 0 Å². The molecule has 0 fully saturated rings. The van der Waals surface area contributed by atoms with Crippen LogP contribution in [0.1, 0.15) is 6.92 Å². The summed E-state index contributed by atoms with van der Waals surface area (Å²) < 4.78 is 0. The Morgan fingerprint density at radius 1 is 0.944 bits per heavy atom. The van der Waals surface area contributed by atoms with Crippen LogP contribution in [-0.2, 0) is 0 Å². The third-order valence-electron chi connectivity index (χ3n) is 2.53. The number of anilines is 3. The molecule has 0 aromatic heterocycles. The van der Waals surface area contributed by atoms with Gasteiger partial charge in [-0.1, -0.05) is 24.3 Å². The van der Waals surface area contributed by atoms with Crippen LogP contribution in [0.15, 0.2) is 54.6 Å². The van der Waals surface area contributed by atoms with Crippen molar-refractivity contribution in [2.24, 2.45) is 0 Å². The molecule has 1 atom stereocenters. The van der Waals surface area contributed by atoms with Crippen molar-refractivity contribution in [2.75, 3.05) is 17.2 Å². The van der Waals surface area contributed by atoms with Gasteiger partial charge in [-0.05, 0) is 37.3 Å². The average molecular weight is 242 g/mol. The van der Waals surface area contributed by atoms with Gasteiger partial charge in [0, 0.05) is 23.6 Å². The van der Waals surface area contributed by atoms with E-state index in [1.807, 2.05) is 54.6 Å². The highest BCUT2D eigenvalue weighted by atomic mass is 16.3. The van der Waals surface area contributed by atoms with E-state index in [0.29, 0.717) is 6.54 Å². The second kappa shape index (κ2) is 6.07. The maximum absolute atomic E-state index is 9.24. The summed E-state index contributed by atoms with van der Waals surface area (Å²) in [6.07, 6.45) is -0.351. The molecule has 0 aliphatic rings. The minimum atomic E-state index is -0.351. The zero-order chi connectivity index (χ0) is 12.8. The first-order valence-corrected chi connectivity index (χ1v) is 6.08. The first-order chi connectivity index (χ1) is 8.74. The Bertz CT molecular complexity index is 483. The van der Waals surface area contributed by atoms with Gasteiger partial charge in [-0.25, -0.2) is 0 Å². The van der Waals surface area contributed by atoms with Crippen molar-refractivity contribution in [3.63, 3.8) is 0 Å². The van der Waals surface area contributed by atoms with Gasteiger partial charge in [0.15, 0.2) is 0 Å². The Hall–Kier alpha value is -2.00. The predicted octanol–water partition coefficient (Wildman–Crippen LogP) is 3.22. The summed E-state index contributed by atoms with van der Waals surface area (Å²) in [6, 6.07) is 18.0. The van der Waals surface area contributed by atoms with E-state index in [1.165, 1.54) is 0 Å². The van der Waals surface area contributed by atoms with Crippen molar-refractivity contribution in [2.45, 2.75) is 13.0 Å². The van der Waals surface area contributed by atoms with E-state index in [9.17, 15) is 5.11 Å². The minimum Gasteiger partial charge on any atom is -0.392 e. The fraction of sp³-hybridized carbons (Fsp3) is 0.200. The Kier molecular flexibility index (Phi) is 4.20. The Labute approximate surface area is 107 Å². The van der Waals surface area contributed by atoms with Crippen molar-refractivity contribution >= 4 is 17.1 Å². The van der Waals surface area contributed by atoms with E-state index < -0.39 is 0 Å². The maximum atomic E-state index is 9.24. The van der Waals surface area contributed by atoms with Gasteiger partial charge in [-0.15, -0.1) is 0 Å². The molecule has 3 heteroatoms. The van der Waals surface area contributed by atoms with Crippen molar-refractivity contribution in [3.8, 4) is 0 Å². The third kappa shape index (κ3) is 3.79. The van der Waals surface area contributed by atoms with Crippen LogP contribution in [0.2, 0.25) is 0 Å². The summed E-state index contributed by atoms with van der Waals surface area (Å²) in [6.45, 7) is 2.31. The molecule has 0 saturated heterocycles. The predicted molar refractivity (Wildman–Crippen MR) is 76.3 cm³/mol. The number of rotatable bonds is 5. The average Bonchev–Trinajstić information content (AvgIpc) is 2.38.